The second kappa shape index (κ2) is 7.23. The number of rotatable bonds is 4. The van der Waals surface area contributed by atoms with Crippen molar-refractivity contribution in [1.82, 2.24) is 5.32 Å². The summed E-state index contributed by atoms with van der Waals surface area (Å²) in [6.07, 6.45) is 3.05. The van der Waals surface area contributed by atoms with Gasteiger partial charge in [-0.05, 0) is 36.4 Å². The second-order valence-electron chi connectivity index (χ2n) is 5.04. The lowest BCUT2D eigenvalue weighted by Gasteiger charge is -2.06. The average molecular weight is 363 g/mol. The Bertz CT molecular complexity index is 905. The van der Waals surface area contributed by atoms with E-state index in [0.29, 0.717) is 11.5 Å². The number of hydrogen-bond acceptors (Lipinski definition) is 4. The lowest BCUT2D eigenvalue weighted by atomic mass is 10.3. The Morgan fingerprint density at radius 1 is 1.12 bits per heavy atom. The summed E-state index contributed by atoms with van der Waals surface area (Å²) in [4.78, 5) is 23.6. The number of amides is 2. The van der Waals surface area contributed by atoms with E-state index >= 15 is 0 Å². The van der Waals surface area contributed by atoms with E-state index in [0.717, 1.165) is 11.6 Å². The lowest BCUT2D eigenvalue weighted by molar-refractivity contribution is -0.136. The topological polar surface area (TPSA) is 84.5 Å². The Hall–Kier alpha value is -3.06. The maximum Gasteiger partial charge on any atom is 0.313 e. The van der Waals surface area contributed by atoms with Gasteiger partial charge in [0.25, 0.3) is 0 Å². The monoisotopic (exact) mass is 362 g/mol. The fourth-order valence-electron chi connectivity index (χ4n) is 2.04. The van der Waals surface area contributed by atoms with Gasteiger partial charge in [0.05, 0.1) is 23.4 Å². The Labute approximate surface area is 146 Å². The zero-order valence-corrected chi connectivity index (χ0v) is 13.5. The molecule has 3 rings (SSSR count). The van der Waals surface area contributed by atoms with Gasteiger partial charge in [0.2, 0.25) is 0 Å². The molecule has 3 aromatic rings. The van der Waals surface area contributed by atoms with Crippen LogP contribution in [-0.2, 0) is 16.1 Å². The quantitative estimate of drug-likeness (QED) is 0.695. The summed E-state index contributed by atoms with van der Waals surface area (Å²) >= 11 is 5.62. The SMILES string of the molecule is O=C(NCc1ccc(-c2ccoc2)o1)C(=O)Nc1ccc(F)c(Cl)c1. The van der Waals surface area contributed by atoms with Crippen LogP contribution in [-0.4, -0.2) is 11.8 Å². The van der Waals surface area contributed by atoms with Crippen molar-refractivity contribution in [2.45, 2.75) is 6.54 Å². The van der Waals surface area contributed by atoms with E-state index in [9.17, 15) is 14.0 Å². The number of carbonyl (C=O) groups is 2. The summed E-state index contributed by atoms with van der Waals surface area (Å²) in [5, 5.41) is 4.60. The van der Waals surface area contributed by atoms with Gasteiger partial charge < -0.3 is 19.5 Å². The number of hydrogen-bond donors (Lipinski definition) is 2. The molecule has 0 fully saturated rings. The van der Waals surface area contributed by atoms with Gasteiger partial charge in [-0.25, -0.2) is 4.39 Å². The minimum atomic E-state index is -0.899. The summed E-state index contributed by atoms with van der Waals surface area (Å²) in [5.74, 6) is -1.31. The molecule has 2 amide bonds. The molecule has 2 aromatic heterocycles. The van der Waals surface area contributed by atoms with E-state index in [2.05, 4.69) is 10.6 Å². The summed E-state index contributed by atoms with van der Waals surface area (Å²) in [6, 6.07) is 8.76. The largest absolute Gasteiger partial charge is 0.472 e. The Balaban J connectivity index is 1.55. The molecule has 0 aliphatic heterocycles. The number of carbonyl (C=O) groups excluding carboxylic acids is 2. The Kier molecular flexibility index (Phi) is 4.85. The zero-order valence-electron chi connectivity index (χ0n) is 12.7. The number of furan rings is 2. The minimum absolute atomic E-state index is 0.0360. The zero-order chi connectivity index (χ0) is 17.8. The fraction of sp³-hybridized carbons (Fsp3) is 0.0588. The summed E-state index contributed by atoms with van der Waals surface area (Å²) < 4.78 is 23.6. The van der Waals surface area contributed by atoms with Crippen LogP contribution in [0.4, 0.5) is 10.1 Å². The highest BCUT2D eigenvalue weighted by molar-refractivity contribution is 6.39. The Morgan fingerprint density at radius 3 is 2.68 bits per heavy atom. The first-order valence-electron chi connectivity index (χ1n) is 7.18. The number of benzene rings is 1. The van der Waals surface area contributed by atoms with Crippen molar-refractivity contribution in [1.29, 1.82) is 0 Å². The van der Waals surface area contributed by atoms with Gasteiger partial charge in [-0.2, -0.15) is 0 Å². The van der Waals surface area contributed by atoms with Crippen molar-refractivity contribution in [2.24, 2.45) is 0 Å². The van der Waals surface area contributed by atoms with Crippen LogP contribution in [0.3, 0.4) is 0 Å². The molecule has 0 spiro atoms. The summed E-state index contributed by atoms with van der Waals surface area (Å²) in [6.45, 7) is 0.0360. The van der Waals surface area contributed by atoms with Crippen LogP contribution in [0.2, 0.25) is 5.02 Å². The van der Waals surface area contributed by atoms with Gasteiger partial charge >= 0.3 is 11.8 Å². The summed E-state index contributed by atoms with van der Waals surface area (Å²) in [7, 11) is 0. The summed E-state index contributed by atoms with van der Waals surface area (Å²) in [5.41, 5.74) is 0.982. The fourth-order valence-corrected chi connectivity index (χ4v) is 2.22. The molecular weight excluding hydrogens is 351 g/mol. The van der Waals surface area contributed by atoms with E-state index < -0.39 is 17.6 Å². The maximum absolute atomic E-state index is 13.1. The van der Waals surface area contributed by atoms with Crippen LogP contribution in [0.25, 0.3) is 11.3 Å². The first kappa shape index (κ1) is 16.8. The molecule has 0 bridgehead atoms. The molecule has 0 atom stereocenters. The van der Waals surface area contributed by atoms with E-state index in [1.54, 1.807) is 18.2 Å². The third-order valence-corrected chi connectivity index (χ3v) is 3.56. The minimum Gasteiger partial charge on any atom is -0.472 e. The molecule has 0 aliphatic carbocycles. The van der Waals surface area contributed by atoms with Gasteiger partial charge in [-0.1, -0.05) is 11.6 Å². The van der Waals surface area contributed by atoms with Crippen LogP contribution in [0.5, 0.6) is 0 Å². The first-order chi connectivity index (χ1) is 12.0. The normalized spacial score (nSPS) is 10.5. The molecule has 2 heterocycles. The van der Waals surface area contributed by atoms with Gasteiger partial charge in [0.15, 0.2) is 0 Å². The number of nitrogens with one attached hydrogen (secondary N) is 2. The van der Waals surface area contributed by atoms with E-state index in [1.165, 1.54) is 24.7 Å². The Morgan fingerprint density at radius 2 is 1.96 bits per heavy atom. The highest BCUT2D eigenvalue weighted by Crippen LogP contribution is 2.22. The molecule has 0 saturated heterocycles. The predicted octanol–water partition coefficient (Wildman–Crippen LogP) is 3.59. The van der Waals surface area contributed by atoms with E-state index in [1.807, 2.05) is 0 Å². The number of halogens is 2. The van der Waals surface area contributed by atoms with Crippen LogP contribution in [0.1, 0.15) is 5.76 Å². The average Bonchev–Trinajstić information content (AvgIpc) is 3.26. The predicted molar refractivity (Wildman–Crippen MR) is 88.3 cm³/mol. The van der Waals surface area contributed by atoms with Crippen LogP contribution >= 0.6 is 11.6 Å². The van der Waals surface area contributed by atoms with Crippen LogP contribution in [0.15, 0.2) is 57.8 Å². The molecule has 0 aliphatic rings. The highest BCUT2D eigenvalue weighted by Gasteiger charge is 2.15. The smallest absolute Gasteiger partial charge is 0.313 e. The van der Waals surface area contributed by atoms with Crippen LogP contribution in [0, 0.1) is 5.82 Å². The standard InChI is InChI=1S/C17H12ClFN2O4/c18-13-7-11(1-3-14(13)19)21-17(23)16(22)20-8-12-2-4-15(25-12)10-5-6-24-9-10/h1-7,9H,8H2,(H,20,22)(H,21,23). The molecule has 128 valence electrons. The molecule has 0 unspecified atom stereocenters. The van der Waals surface area contributed by atoms with E-state index in [4.69, 9.17) is 20.4 Å². The van der Waals surface area contributed by atoms with Crippen molar-refractivity contribution in [3.63, 3.8) is 0 Å². The molecule has 1 aromatic carbocycles. The third-order valence-electron chi connectivity index (χ3n) is 3.27. The van der Waals surface area contributed by atoms with Crippen molar-refractivity contribution >= 4 is 29.1 Å². The molecule has 6 nitrogen and oxygen atoms in total. The second-order valence-corrected chi connectivity index (χ2v) is 5.45. The van der Waals surface area contributed by atoms with Crippen molar-refractivity contribution < 1.29 is 22.8 Å². The van der Waals surface area contributed by atoms with Gasteiger partial charge in [-0.15, -0.1) is 0 Å². The van der Waals surface area contributed by atoms with Gasteiger partial charge in [0.1, 0.15) is 23.6 Å². The molecule has 0 saturated carbocycles. The molecule has 2 N–H and O–H groups in total. The first-order valence-corrected chi connectivity index (χ1v) is 7.56. The lowest BCUT2D eigenvalue weighted by Crippen LogP contribution is -2.34. The van der Waals surface area contributed by atoms with Crippen molar-refractivity contribution in [2.75, 3.05) is 5.32 Å². The molecule has 0 radical (unpaired) electrons. The van der Waals surface area contributed by atoms with Gasteiger partial charge in [-0.3, -0.25) is 9.59 Å². The van der Waals surface area contributed by atoms with E-state index in [-0.39, 0.29) is 17.3 Å². The van der Waals surface area contributed by atoms with Crippen molar-refractivity contribution in [3.05, 3.63) is 65.5 Å². The molecule has 8 heteroatoms. The number of anilines is 1. The van der Waals surface area contributed by atoms with Crippen LogP contribution < -0.4 is 10.6 Å². The van der Waals surface area contributed by atoms with Gasteiger partial charge in [0, 0.05) is 5.69 Å². The third kappa shape index (κ3) is 4.07. The highest BCUT2D eigenvalue weighted by atomic mass is 35.5. The maximum atomic E-state index is 13.1. The molecule has 25 heavy (non-hydrogen) atoms. The molecular formula is C17H12ClFN2O4. The van der Waals surface area contributed by atoms with Crippen molar-refractivity contribution in [3.8, 4) is 11.3 Å².